The van der Waals surface area contributed by atoms with Gasteiger partial charge in [-0.05, 0) is 57.8 Å². The minimum atomic E-state index is 0.275. The number of aryl methyl sites for hydroxylation is 1. The highest BCUT2D eigenvalue weighted by Crippen LogP contribution is 2.36. The monoisotopic (exact) mass is 420 g/mol. The Hall–Kier alpha value is -0.240. The molecule has 0 bridgehead atoms. The maximum atomic E-state index is 4.38. The van der Waals surface area contributed by atoms with E-state index in [-0.39, 0.29) is 6.04 Å². The number of hydrogen-bond acceptors (Lipinski definition) is 4. The van der Waals surface area contributed by atoms with Crippen molar-refractivity contribution in [3.05, 3.63) is 31.4 Å². The summed E-state index contributed by atoms with van der Waals surface area (Å²) in [6.07, 6.45) is 3.61. The normalized spacial score (nSPS) is 12.8. The third-order valence-electron chi connectivity index (χ3n) is 3.03. The van der Waals surface area contributed by atoms with Crippen molar-refractivity contribution in [2.24, 2.45) is 0 Å². The van der Waals surface area contributed by atoms with Crippen LogP contribution in [-0.2, 0) is 13.0 Å². The van der Waals surface area contributed by atoms with Crippen molar-refractivity contribution in [1.29, 1.82) is 0 Å². The lowest BCUT2D eigenvalue weighted by atomic mass is 10.1. The average Bonchev–Trinajstić information content (AvgIpc) is 3.01. The highest BCUT2D eigenvalue weighted by molar-refractivity contribution is 9.13. The predicted octanol–water partition coefficient (Wildman–Crippen LogP) is 4.17. The van der Waals surface area contributed by atoms with Crippen LogP contribution in [0.15, 0.2) is 20.7 Å². The molecule has 4 nitrogen and oxygen atoms in total. The highest BCUT2D eigenvalue weighted by atomic mass is 79.9. The molecule has 0 aromatic carbocycles. The minimum absolute atomic E-state index is 0.275. The van der Waals surface area contributed by atoms with Gasteiger partial charge in [-0.15, -0.1) is 11.3 Å². The van der Waals surface area contributed by atoms with E-state index in [2.05, 4.69) is 67.2 Å². The lowest BCUT2D eigenvalue weighted by Gasteiger charge is -2.16. The van der Waals surface area contributed by atoms with Gasteiger partial charge in [-0.1, -0.05) is 6.92 Å². The Morgan fingerprint density at radius 2 is 2.20 bits per heavy atom. The first-order chi connectivity index (χ1) is 9.65. The molecule has 0 fully saturated rings. The number of nitrogens with zero attached hydrogens (tertiary/aromatic N) is 3. The van der Waals surface area contributed by atoms with E-state index in [1.54, 1.807) is 17.7 Å². The molecule has 2 aromatic heterocycles. The summed E-state index contributed by atoms with van der Waals surface area (Å²) < 4.78 is 4.20. The summed E-state index contributed by atoms with van der Waals surface area (Å²) in [5.74, 6) is 1.03. The molecule has 2 rings (SSSR count). The summed E-state index contributed by atoms with van der Waals surface area (Å²) >= 11 is 8.89. The van der Waals surface area contributed by atoms with Gasteiger partial charge in [-0.25, -0.2) is 4.98 Å². The van der Waals surface area contributed by atoms with Crippen LogP contribution in [0.4, 0.5) is 0 Å². The largest absolute Gasteiger partial charge is 0.309 e. The van der Waals surface area contributed by atoms with Gasteiger partial charge in [0.2, 0.25) is 0 Å². The molecule has 1 unspecified atom stereocenters. The van der Waals surface area contributed by atoms with Crippen LogP contribution in [-0.4, -0.2) is 21.3 Å². The lowest BCUT2D eigenvalue weighted by Crippen LogP contribution is -2.24. The fraction of sp³-hybridized carbons (Fsp3) is 0.538. The quantitative estimate of drug-likeness (QED) is 0.729. The van der Waals surface area contributed by atoms with E-state index in [9.17, 15) is 0 Å². The Kier molecular flexibility index (Phi) is 6.20. The molecule has 2 aromatic rings. The summed E-state index contributed by atoms with van der Waals surface area (Å²) in [5.41, 5.74) is 0. The van der Waals surface area contributed by atoms with E-state index < -0.39 is 0 Å². The maximum Gasteiger partial charge on any atom is 0.138 e. The second-order valence-corrected chi connectivity index (χ2v) is 7.73. The van der Waals surface area contributed by atoms with Crippen LogP contribution in [0.2, 0.25) is 0 Å². The fourth-order valence-electron chi connectivity index (χ4n) is 2.02. The molecule has 1 N–H and O–H groups in total. The van der Waals surface area contributed by atoms with Crippen molar-refractivity contribution < 1.29 is 0 Å². The topological polar surface area (TPSA) is 42.7 Å². The Balaban J connectivity index is 2.19. The van der Waals surface area contributed by atoms with Crippen LogP contribution in [0.25, 0.3) is 0 Å². The van der Waals surface area contributed by atoms with Crippen molar-refractivity contribution >= 4 is 43.2 Å². The zero-order valence-electron chi connectivity index (χ0n) is 11.6. The fourth-order valence-corrected chi connectivity index (χ4v) is 4.19. The van der Waals surface area contributed by atoms with Crippen molar-refractivity contribution in [1.82, 2.24) is 20.1 Å². The van der Waals surface area contributed by atoms with Gasteiger partial charge in [0.25, 0.3) is 0 Å². The number of thiophene rings is 1. The lowest BCUT2D eigenvalue weighted by molar-refractivity contribution is 0.502. The molecule has 0 aliphatic carbocycles. The van der Waals surface area contributed by atoms with E-state index in [1.807, 2.05) is 4.68 Å². The molecule has 20 heavy (non-hydrogen) atoms. The van der Waals surface area contributed by atoms with E-state index >= 15 is 0 Å². The zero-order valence-corrected chi connectivity index (χ0v) is 15.6. The van der Waals surface area contributed by atoms with Crippen LogP contribution >= 0.6 is 43.2 Å². The van der Waals surface area contributed by atoms with Crippen molar-refractivity contribution in [2.75, 3.05) is 6.54 Å². The first-order valence-electron chi connectivity index (χ1n) is 6.70. The van der Waals surface area contributed by atoms with Crippen LogP contribution in [0.1, 0.15) is 37.0 Å². The SMILES string of the molecule is CCCNC(Cc1ncnn1CC)c1cc(Br)c(Br)s1. The van der Waals surface area contributed by atoms with Crippen LogP contribution in [0.5, 0.6) is 0 Å². The van der Waals surface area contributed by atoms with Crippen molar-refractivity contribution in [2.45, 2.75) is 39.3 Å². The van der Waals surface area contributed by atoms with Gasteiger partial charge >= 0.3 is 0 Å². The summed E-state index contributed by atoms with van der Waals surface area (Å²) in [4.78, 5) is 5.69. The molecular formula is C13H18Br2N4S. The zero-order chi connectivity index (χ0) is 14.5. The molecule has 7 heteroatoms. The van der Waals surface area contributed by atoms with Gasteiger partial charge in [0, 0.05) is 28.4 Å². The molecular weight excluding hydrogens is 404 g/mol. The number of nitrogens with one attached hydrogen (secondary N) is 1. The van der Waals surface area contributed by atoms with Gasteiger partial charge in [0.1, 0.15) is 12.2 Å². The van der Waals surface area contributed by atoms with E-state index in [0.29, 0.717) is 0 Å². The number of halogens is 2. The molecule has 110 valence electrons. The number of rotatable bonds is 7. The summed E-state index contributed by atoms with van der Waals surface area (Å²) in [6.45, 7) is 6.12. The highest BCUT2D eigenvalue weighted by Gasteiger charge is 2.18. The van der Waals surface area contributed by atoms with Gasteiger partial charge < -0.3 is 5.32 Å². The molecule has 0 radical (unpaired) electrons. The Labute approximate surface area is 140 Å². The standard InChI is InChI=1S/C13H18Br2N4S/c1-3-5-16-10(11-6-9(14)13(15)20-11)7-12-17-8-18-19(12)4-2/h6,8,10,16H,3-5,7H2,1-2H3. The number of aromatic nitrogens is 3. The molecule has 0 saturated carbocycles. The Bertz CT molecular complexity index is 533. The maximum absolute atomic E-state index is 4.38. The van der Waals surface area contributed by atoms with E-state index in [1.165, 1.54) is 4.88 Å². The molecule has 0 amide bonds. The molecule has 1 atom stereocenters. The van der Waals surface area contributed by atoms with Crippen molar-refractivity contribution in [3.8, 4) is 0 Å². The molecule has 0 aliphatic rings. The summed E-state index contributed by atoms with van der Waals surface area (Å²) in [7, 11) is 0. The van der Waals surface area contributed by atoms with Gasteiger partial charge in [0.15, 0.2) is 0 Å². The smallest absolute Gasteiger partial charge is 0.138 e. The third kappa shape index (κ3) is 3.90. The molecule has 2 heterocycles. The Morgan fingerprint density at radius 3 is 2.80 bits per heavy atom. The second kappa shape index (κ2) is 7.68. The first-order valence-corrected chi connectivity index (χ1v) is 9.10. The van der Waals surface area contributed by atoms with Gasteiger partial charge in [-0.3, -0.25) is 4.68 Å². The number of hydrogen-bond donors (Lipinski definition) is 1. The van der Waals surface area contributed by atoms with Gasteiger partial charge in [-0.2, -0.15) is 5.10 Å². The first kappa shape index (κ1) is 16.1. The molecule has 0 spiro atoms. The average molecular weight is 422 g/mol. The molecule has 0 saturated heterocycles. The third-order valence-corrected chi connectivity index (χ3v) is 6.40. The summed E-state index contributed by atoms with van der Waals surface area (Å²) in [5, 5.41) is 7.85. The predicted molar refractivity (Wildman–Crippen MR) is 90.2 cm³/mol. The summed E-state index contributed by atoms with van der Waals surface area (Å²) in [6, 6.07) is 2.45. The minimum Gasteiger partial charge on any atom is -0.309 e. The second-order valence-electron chi connectivity index (χ2n) is 4.47. The van der Waals surface area contributed by atoms with Crippen molar-refractivity contribution in [3.63, 3.8) is 0 Å². The van der Waals surface area contributed by atoms with Crippen LogP contribution < -0.4 is 5.32 Å². The van der Waals surface area contributed by atoms with Crippen LogP contribution in [0.3, 0.4) is 0 Å². The Morgan fingerprint density at radius 1 is 1.40 bits per heavy atom. The van der Waals surface area contributed by atoms with E-state index in [4.69, 9.17) is 0 Å². The van der Waals surface area contributed by atoms with Crippen LogP contribution in [0, 0.1) is 0 Å². The van der Waals surface area contributed by atoms with Gasteiger partial charge in [0.05, 0.1) is 3.79 Å². The van der Waals surface area contributed by atoms with E-state index in [0.717, 1.165) is 40.0 Å². The molecule has 0 aliphatic heterocycles.